The van der Waals surface area contributed by atoms with Gasteiger partial charge in [-0.15, -0.1) is 0 Å². The van der Waals surface area contributed by atoms with Crippen LogP contribution in [0.2, 0.25) is 0 Å². The van der Waals surface area contributed by atoms with Gasteiger partial charge >= 0.3 is 12.4 Å². The second-order valence-corrected chi connectivity index (χ2v) is 2.75. The molecule has 0 bridgehead atoms. The molecule has 14 heavy (non-hydrogen) atoms. The van der Waals surface area contributed by atoms with Gasteiger partial charge in [0.2, 0.25) is 0 Å². The molecular formula is C6H6F6O2. The van der Waals surface area contributed by atoms with Gasteiger partial charge in [-0.1, -0.05) is 0 Å². The Kier molecular flexibility index (Phi) is 2.96. The molecule has 0 aromatic rings. The van der Waals surface area contributed by atoms with Crippen molar-refractivity contribution in [2.24, 2.45) is 0 Å². The number of hydrogen-bond acceptors (Lipinski definition) is 2. The fourth-order valence-electron chi connectivity index (χ4n) is 0.924. The Balaban J connectivity index is 2.42. The van der Waals surface area contributed by atoms with Crippen LogP contribution in [0, 0.1) is 0 Å². The predicted molar refractivity (Wildman–Crippen MR) is 31.3 cm³/mol. The molecule has 1 fully saturated rings. The Morgan fingerprint density at radius 1 is 1.07 bits per heavy atom. The Morgan fingerprint density at radius 3 is 2.00 bits per heavy atom. The summed E-state index contributed by atoms with van der Waals surface area (Å²) in [7, 11) is 0. The number of hydrogen-bond donors (Lipinski definition) is 0. The predicted octanol–water partition coefficient (Wildman–Crippen LogP) is 2.24. The molecule has 1 heterocycles. The lowest BCUT2D eigenvalue weighted by Crippen LogP contribution is -2.31. The van der Waals surface area contributed by atoms with Gasteiger partial charge in [-0.2, -0.15) is 26.3 Å². The second kappa shape index (κ2) is 3.58. The van der Waals surface area contributed by atoms with Gasteiger partial charge in [0.25, 0.3) is 0 Å². The van der Waals surface area contributed by atoms with Gasteiger partial charge in [0.15, 0.2) is 12.4 Å². The standard InChI is InChI=1S/C6H6F6O2/c7-5(8,9)1-4-13-2-3(14-4)6(10,11)12/h3-4H,1-2H2. The highest BCUT2D eigenvalue weighted by Gasteiger charge is 2.48. The summed E-state index contributed by atoms with van der Waals surface area (Å²) < 4.78 is 79.0. The molecule has 8 heteroatoms. The summed E-state index contributed by atoms with van der Waals surface area (Å²) >= 11 is 0. The molecule has 2 nitrogen and oxygen atoms in total. The van der Waals surface area contributed by atoms with Crippen molar-refractivity contribution in [3.8, 4) is 0 Å². The lowest BCUT2D eigenvalue weighted by Gasteiger charge is -2.14. The second-order valence-electron chi connectivity index (χ2n) is 2.75. The third-order valence-corrected chi connectivity index (χ3v) is 1.51. The van der Waals surface area contributed by atoms with Crippen LogP contribution in [0.3, 0.4) is 0 Å². The van der Waals surface area contributed by atoms with Crippen LogP contribution in [0.5, 0.6) is 0 Å². The zero-order valence-corrected chi connectivity index (χ0v) is 6.65. The molecule has 0 saturated carbocycles. The van der Waals surface area contributed by atoms with Crippen LogP contribution in [0.25, 0.3) is 0 Å². The molecule has 0 aromatic heterocycles. The first-order chi connectivity index (χ1) is 6.18. The minimum absolute atomic E-state index is 0.885. The summed E-state index contributed by atoms with van der Waals surface area (Å²) in [5.41, 5.74) is 0. The molecule has 84 valence electrons. The maximum Gasteiger partial charge on any atom is 0.417 e. The molecule has 0 radical (unpaired) electrons. The van der Waals surface area contributed by atoms with E-state index in [9.17, 15) is 26.3 Å². The Labute approximate surface area is 74.8 Å². The van der Waals surface area contributed by atoms with Crippen molar-refractivity contribution in [1.29, 1.82) is 0 Å². The first kappa shape index (κ1) is 11.6. The van der Waals surface area contributed by atoms with E-state index in [1.165, 1.54) is 0 Å². The first-order valence-electron chi connectivity index (χ1n) is 3.59. The molecule has 1 saturated heterocycles. The summed E-state index contributed by atoms with van der Waals surface area (Å²) in [5, 5.41) is 0. The fourth-order valence-corrected chi connectivity index (χ4v) is 0.924. The summed E-state index contributed by atoms with van der Waals surface area (Å²) in [4.78, 5) is 0. The van der Waals surface area contributed by atoms with Crippen molar-refractivity contribution in [3.05, 3.63) is 0 Å². The van der Waals surface area contributed by atoms with E-state index in [-0.39, 0.29) is 0 Å². The van der Waals surface area contributed by atoms with E-state index >= 15 is 0 Å². The third kappa shape index (κ3) is 3.33. The van der Waals surface area contributed by atoms with E-state index in [0.29, 0.717) is 0 Å². The maximum absolute atomic E-state index is 11.9. The van der Waals surface area contributed by atoms with Gasteiger partial charge in [0.1, 0.15) is 0 Å². The summed E-state index contributed by atoms with van der Waals surface area (Å²) in [6.07, 6.45) is -14.9. The average Bonchev–Trinajstić information content (AvgIpc) is 2.29. The van der Waals surface area contributed by atoms with Crippen LogP contribution >= 0.6 is 0 Å². The molecular weight excluding hydrogens is 218 g/mol. The van der Waals surface area contributed by atoms with E-state index in [1.807, 2.05) is 0 Å². The van der Waals surface area contributed by atoms with E-state index in [0.717, 1.165) is 0 Å². The topological polar surface area (TPSA) is 18.5 Å². The zero-order valence-electron chi connectivity index (χ0n) is 6.65. The third-order valence-electron chi connectivity index (χ3n) is 1.51. The summed E-state index contributed by atoms with van der Waals surface area (Å²) in [5.74, 6) is 0. The van der Waals surface area contributed by atoms with Crippen molar-refractivity contribution in [2.75, 3.05) is 6.61 Å². The van der Waals surface area contributed by atoms with Gasteiger partial charge in [-0.25, -0.2) is 0 Å². The Morgan fingerprint density at radius 2 is 1.64 bits per heavy atom. The van der Waals surface area contributed by atoms with E-state index in [1.54, 1.807) is 0 Å². The molecule has 2 unspecified atom stereocenters. The molecule has 0 amide bonds. The van der Waals surface area contributed by atoms with Crippen molar-refractivity contribution in [3.63, 3.8) is 0 Å². The zero-order chi connectivity index (χ0) is 11.0. The molecule has 0 aromatic carbocycles. The van der Waals surface area contributed by atoms with Gasteiger partial charge in [-0.05, 0) is 0 Å². The van der Waals surface area contributed by atoms with E-state index in [2.05, 4.69) is 9.47 Å². The summed E-state index contributed by atoms with van der Waals surface area (Å²) in [6.45, 7) is -0.885. The lowest BCUT2D eigenvalue weighted by atomic mass is 10.4. The smallest absolute Gasteiger partial charge is 0.349 e. The number of rotatable bonds is 1. The molecule has 1 aliphatic heterocycles. The Hall–Kier alpha value is -0.500. The monoisotopic (exact) mass is 224 g/mol. The normalized spacial score (nSPS) is 29.6. The quantitative estimate of drug-likeness (QED) is 0.636. The van der Waals surface area contributed by atoms with Crippen molar-refractivity contribution in [2.45, 2.75) is 31.2 Å². The molecule has 0 spiro atoms. The van der Waals surface area contributed by atoms with Gasteiger partial charge in [-0.3, -0.25) is 0 Å². The number of alkyl halides is 6. The molecule has 2 atom stereocenters. The van der Waals surface area contributed by atoms with Crippen LogP contribution in [0.15, 0.2) is 0 Å². The summed E-state index contributed by atoms with van der Waals surface area (Å²) in [6, 6.07) is 0. The van der Waals surface area contributed by atoms with Crippen molar-refractivity contribution >= 4 is 0 Å². The number of halogens is 6. The van der Waals surface area contributed by atoms with Crippen LogP contribution in [0.1, 0.15) is 6.42 Å². The molecule has 0 N–H and O–H groups in total. The first-order valence-corrected chi connectivity index (χ1v) is 3.59. The molecule has 1 aliphatic rings. The van der Waals surface area contributed by atoms with E-state index < -0.39 is 37.8 Å². The van der Waals surface area contributed by atoms with Gasteiger partial charge in [0, 0.05) is 0 Å². The lowest BCUT2D eigenvalue weighted by molar-refractivity contribution is -0.232. The van der Waals surface area contributed by atoms with Crippen molar-refractivity contribution < 1.29 is 35.8 Å². The van der Waals surface area contributed by atoms with Crippen LogP contribution in [-0.2, 0) is 9.47 Å². The molecule has 0 aliphatic carbocycles. The Bertz CT molecular complexity index is 197. The highest BCUT2D eigenvalue weighted by atomic mass is 19.4. The van der Waals surface area contributed by atoms with Crippen LogP contribution in [0.4, 0.5) is 26.3 Å². The highest BCUT2D eigenvalue weighted by Crippen LogP contribution is 2.32. The fraction of sp³-hybridized carbons (Fsp3) is 1.00. The molecule has 1 rings (SSSR count). The van der Waals surface area contributed by atoms with Crippen LogP contribution < -0.4 is 0 Å². The van der Waals surface area contributed by atoms with Gasteiger partial charge < -0.3 is 9.47 Å². The van der Waals surface area contributed by atoms with Crippen molar-refractivity contribution in [1.82, 2.24) is 0 Å². The highest BCUT2D eigenvalue weighted by molar-refractivity contribution is 4.74. The van der Waals surface area contributed by atoms with Crippen LogP contribution in [-0.4, -0.2) is 31.4 Å². The average molecular weight is 224 g/mol. The SMILES string of the molecule is FC(F)(F)CC1OCC(C(F)(F)F)O1. The minimum atomic E-state index is -4.68. The van der Waals surface area contributed by atoms with Gasteiger partial charge in [0.05, 0.1) is 13.0 Å². The number of ether oxygens (including phenoxy) is 2. The maximum atomic E-state index is 11.9. The largest absolute Gasteiger partial charge is 0.417 e. The van der Waals surface area contributed by atoms with E-state index in [4.69, 9.17) is 0 Å². The minimum Gasteiger partial charge on any atom is -0.349 e.